The van der Waals surface area contributed by atoms with E-state index in [1.807, 2.05) is 23.9 Å². The van der Waals surface area contributed by atoms with Gasteiger partial charge in [-0.3, -0.25) is 4.68 Å². The third kappa shape index (κ3) is 2.82. The molecule has 1 aromatic heterocycles. The summed E-state index contributed by atoms with van der Waals surface area (Å²) in [6.07, 6.45) is 1.65. The number of hydrogen-bond donors (Lipinski definition) is 1. The summed E-state index contributed by atoms with van der Waals surface area (Å²) in [6.45, 7) is 4.11. The van der Waals surface area contributed by atoms with Gasteiger partial charge in [0.25, 0.3) is 0 Å². The second-order valence-electron chi connectivity index (χ2n) is 4.78. The summed E-state index contributed by atoms with van der Waals surface area (Å²) in [5.74, 6) is 0. The van der Waals surface area contributed by atoms with E-state index in [2.05, 4.69) is 24.3 Å². The Morgan fingerprint density at radius 3 is 2.45 bits per heavy atom. The maximum atomic E-state index is 6.32. The van der Waals surface area contributed by atoms with Crippen LogP contribution in [0.2, 0.25) is 15.1 Å². The van der Waals surface area contributed by atoms with Gasteiger partial charge in [-0.15, -0.1) is 0 Å². The first-order valence-electron chi connectivity index (χ1n) is 6.31. The van der Waals surface area contributed by atoms with Crippen LogP contribution in [0.15, 0.2) is 24.4 Å². The molecule has 0 radical (unpaired) electrons. The van der Waals surface area contributed by atoms with Crippen molar-refractivity contribution < 1.29 is 0 Å². The molecular formula is C14H16Cl3N3. The van der Waals surface area contributed by atoms with Crippen molar-refractivity contribution in [2.75, 3.05) is 7.05 Å². The number of benzene rings is 1. The quantitative estimate of drug-likeness (QED) is 0.877. The fourth-order valence-electron chi connectivity index (χ4n) is 2.22. The molecule has 1 heterocycles. The normalized spacial score (nSPS) is 12.9. The molecule has 1 atom stereocenters. The van der Waals surface area contributed by atoms with Crippen molar-refractivity contribution in [3.8, 4) is 0 Å². The number of halogens is 3. The van der Waals surface area contributed by atoms with E-state index in [4.69, 9.17) is 34.8 Å². The van der Waals surface area contributed by atoms with Crippen molar-refractivity contribution in [1.29, 1.82) is 0 Å². The monoisotopic (exact) mass is 331 g/mol. The first-order valence-corrected chi connectivity index (χ1v) is 7.44. The Hall–Kier alpha value is -0.740. The van der Waals surface area contributed by atoms with Crippen molar-refractivity contribution in [2.45, 2.75) is 25.9 Å². The average Bonchev–Trinajstić information content (AvgIpc) is 2.78. The predicted molar refractivity (Wildman–Crippen MR) is 85.0 cm³/mol. The van der Waals surface area contributed by atoms with E-state index < -0.39 is 0 Å². The van der Waals surface area contributed by atoms with Crippen LogP contribution < -0.4 is 5.32 Å². The molecule has 3 nitrogen and oxygen atoms in total. The molecule has 0 aliphatic heterocycles. The number of hydrogen-bond acceptors (Lipinski definition) is 2. The highest BCUT2D eigenvalue weighted by Crippen LogP contribution is 2.36. The van der Waals surface area contributed by atoms with Crippen molar-refractivity contribution in [3.05, 3.63) is 50.7 Å². The lowest BCUT2D eigenvalue weighted by molar-refractivity contribution is 0.484. The van der Waals surface area contributed by atoms with Gasteiger partial charge in [0.2, 0.25) is 0 Å². The Bertz CT molecular complexity index is 608. The fraction of sp³-hybridized carbons (Fsp3) is 0.357. The minimum absolute atomic E-state index is 0.168. The molecule has 108 valence electrons. The Morgan fingerprint density at radius 2 is 1.85 bits per heavy atom. The second-order valence-corrected chi connectivity index (χ2v) is 5.97. The van der Waals surface area contributed by atoms with Crippen molar-refractivity contribution in [2.24, 2.45) is 0 Å². The van der Waals surface area contributed by atoms with Gasteiger partial charge in [-0.05, 0) is 32.5 Å². The third-order valence-electron chi connectivity index (χ3n) is 3.13. The van der Waals surface area contributed by atoms with Gasteiger partial charge in [-0.2, -0.15) is 5.10 Å². The van der Waals surface area contributed by atoms with Crippen LogP contribution in [0.25, 0.3) is 0 Å². The van der Waals surface area contributed by atoms with E-state index >= 15 is 0 Å². The number of aromatic nitrogens is 2. The van der Waals surface area contributed by atoms with Crippen LogP contribution in [0.1, 0.15) is 37.2 Å². The largest absolute Gasteiger partial charge is 0.308 e. The van der Waals surface area contributed by atoms with Gasteiger partial charge in [0, 0.05) is 6.04 Å². The molecular weight excluding hydrogens is 317 g/mol. The lowest BCUT2D eigenvalue weighted by Crippen LogP contribution is -2.23. The Labute approximate surface area is 133 Å². The van der Waals surface area contributed by atoms with Crippen LogP contribution in [0.4, 0.5) is 0 Å². The van der Waals surface area contributed by atoms with E-state index in [9.17, 15) is 0 Å². The molecule has 2 aromatic rings. The molecule has 0 bridgehead atoms. The molecule has 2 rings (SSSR count). The van der Waals surface area contributed by atoms with E-state index in [1.165, 1.54) is 0 Å². The smallest absolute Gasteiger partial charge is 0.0837 e. The van der Waals surface area contributed by atoms with Gasteiger partial charge in [-0.1, -0.05) is 46.9 Å². The average molecular weight is 333 g/mol. The van der Waals surface area contributed by atoms with Crippen LogP contribution in [0, 0.1) is 0 Å². The summed E-state index contributed by atoms with van der Waals surface area (Å²) in [5, 5.41) is 9.23. The molecule has 1 aromatic carbocycles. The van der Waals surface area contributed by atoms with Crippen molar-refractivity contribution >= 4 is 34.8 Å². The molecule has 0 saturated heterocycles. The zero-order valence-electron chi connectivity index (χ0n) is 11.5. The van der Waals surface area contributed by atoms with Crippen LogP contribution in [-0.2, 0) is 0 Å². The van der Waals surface area contributed by atoms with E-state index in [0.717, 1.165) is 11.3 Å². The molecule has 20 heavy (non-hydrogen) atoms. The van der Waals surface area contributed by atoms with E-state index in [0.29, 0.717) is 15.1 Å². The van der Waals surface area contributed by atoms with E-state index in [-0.39, 0.29) is 12.1 Å². The lowest BCUT2D eigenvalue weighted by Gasteiger charge is -2.22. The molecule has 0 aliphatic carbocycles. The van der Waals surface area contributed by atoms with Crippen LogP contribution in [0.3, 0.4) is 0 Å². The Balaban J connectivity index is 2.58. The summed E-state index contributed by atoms with van der Waals surface area (Å²) < 4.78 is 1.89. The Kier molecular flexibility index (Phi) is 4.97. The lowest BCUT2D eigenvalue weighted by atomic mass is 10.0. The van der Waals surface area contributed by atoms with Crippen LogP contribution in [0.5, 0.6) is 0 Å². The summed E-state index contributed by atoms with van der Waals surface area (Å²) >= 11 is 18.7. The Morgan fingerprint density at radius 1 is 1.15 bits per heavy atom. The van der Waals surface area contributed by atoms with Gasteiger partial charge in [0.1, 0.15) is 0 Å². The highest BCUT2D eigenvalue weighted by Gasteiger charge is 2.24. The third-order valence-corrected chi connectivity index (χ3v) is 4.26. The highest BCUT2D eigenvalue weighted by atomic mass is 35.5. The minimum Gasteiger partial charge on any atom is -0.308 e. The first kappa shape index (κ1) is 15.6. The van der Waals surface area contributed by atoms with Gasteiger partial charge in [0.15, 0.2) is 0 Å². The molecule has 0 amide bonds. The van der Waals surface area contributed by atoms with Crippen LogP contribution in [-0.4, -0.2) is 16.8 Å². The highest BCUT2D eigenvalue weighted by molar-refractivity contribution is 6.42. The summed E-state index contributed by atoms with van der Waals surface area (Å²) in [4.78, 5) is 0. The van der Waals surface area contributed by atoms with Crippen LogP contribution >= 0.6 is 34.8 Å². The predicted octanol–water partition coefficient (Wildman–Crippen LogP) is 4.73. The maximum absolute atomic E-state index is 6.32. The minimum atomic E-state index is -0.168. The topological polar surface area (TPSA) is 29.9 Å². The molecule has 0 aliphatic rings. The zero-order valence-corrected chi connectivity index (χ0v) is 13.8. The van der Waals surface area contributed by atoms with E-state index in [1.54, 1.807) is 12.3 Å². The number of nitrogens with one attached hydrogen (secondary N) is 1. The maximum Gasteiger partial charge on any atom is 0.0837 e. The molecule has 1 N–H and O–H groups in total. The molecule has 0 fully saturated rings. The van der Waals surface area contributed by atoms with Gasteiger partial charge < -0.3 is 5.32 Å². The molecule has 1 unspecified atom stereocenters. The number of rotatable bonds is 4. The summed E-state index contributed by atoms with van der Waals surface area (Å²) in [6, 6.07) is 5.60. The van der Waals surface area contributed by atoms with Gasteiger partial charge in [-0.25, -0.2) is 0 Å². The standard InChI is InChI=1S/C14H16Cl3N3/c1-8(2)20-14(11(16)7-19-20)13(18-3)9-5-4-6-10(15)12(9)17/h4-8,13,18H,1-3H3. The summed E-state index contributed by atoms with van der Waals surface area (Å²) in [7, 11) is 1.86. The number of nitrogens with zero attached hydrogens (tertiary/aromatic N) is 2. The molecule has 0 saturated carbocycles. The van der Waals surface area contributed by atoms with Gasteiger partial charge in [0.05, 0.1) is 33.0 Å². The van der Waals surface area contributed by atoms with Crippen molar-refractivity contribution in [3.63, 3.8) is 0 Å². The SMILES string of the molecule is CNC(c1cccc(Cl)c1Cl)c1c(Cl)cnn1C(C)C. The summed E-state index contributed by atoms with van der Waals surface area (Å²) in [5.41, 5.74) is 1.76. The fourth-order valence-corrected chi connectivity index (χ4v) is 2.87. The van der Waals surface area contributed by atoms with Crippen molar-refractivity contribution in [1.82, 2.24) is 15.1 Å². The van der Waals surface area contributed by atoms with Gasteiger partial charge >= 0.3 is 0 Å². The second kappa shape index (κ2) is 6.35. The first-order chi connectivity index (χ1) is 9.47. The zero-order chi connectivity index (χ0) is 14.9. The molecule has 0 spiro atoms. The molecule has 6 heteroatoms.